The topological polar surface area (TPSA) is 114 Å². The molecule has 0 fully saturated rings. The van der Waals surface area contributed by atoms with Gasteiger partial charge >= 0.3 is 6.09 Å². The molecule has 4 N–H and O–H groups in total. The number of anilines is 3. The van der Waals surface area contributed by atoms with Crippen LogP contribution in [0.4, 0.5) is 22.0 Å². The van der Waals surface area contributed by atoms with Crippen LogP contribution in [0.1, 0.15) is 6.92 Å². The van der Waals surface area contributed by atoms with Crippen LogP contribution in [0.2, 0.25) is 0 Å². The predicted molar refractivity (Wildman–Crippen MR) is 91.6 cm³/mol. The van der Waals surface area contributed by atoms with E-state index in [1.807, 2.05) is 0 Å². The van der Waals surface area contributed by atoms with Crippen molar-refractivity contribution in [3.63, 3.8) is 0 Å². The number of hydrogen-bond acceptors (Lipinski definition) is 7. The minimum Gasteiger partial charge on any atom is -0.453 e. The number of nitrogens with zero attached hydrogens (tertiary/aromatic N) is 1. The number of nitrogens with one attached hydrogen (secondary N) is 4. The third-order valence-corrected chi connectivity index (χ3v) is 3.30. The van der Waals surface area contributed by atoms with Crippen molar-refractivity contribution in [3.05, 3.63) is 36.4 Å². The van der Waals surface area contributed by atoms with E-state index in [0.29, 0.717) is 23.1 Å². The predicted octanol–water partition coefficient (Wildman–Crippen LogP) is 2.31. The Morgan fingerprint density at radius 3 is 2.56 bits per heavy atom. The highest BCUT2D eigenvalue weighted by Crippen LogP contribution is 2.30. The van der Waals surface area contributed by atoms with Gasteiger partial charge in [0.05, 0.1) is 12.8 Å². The fourth-order valence-corrected chi connectivity index (χ4v) is 2.23. The zero-order valence-electron chi connectivity index (χ0n) is 13.6. The van der Waals surface area contributed by atoms with Crippen LogP contribution >= 0.6 is 0 Å². The normalized spacial score (nSPS) is 14.6. The Bertz CT molecular complexity index is 794. The largest absolute Gasteiger partial charge is 0.453 e. The van der Waals surface area contributed by atoms with Crippen LogP contribution in [0.3, 0.4) is 0 Å². The first-order valence-electron chi connectivity index (χ1n) is 7.47. The van der Waals surface area contributed by atoms with Gasteiger partial charge in [0, 0.05) is 18.7 Å². The summed E-state index contributed by atoms with van der Waals surface area (Å²) in [6, 6.07) is 10.4. The molecule has 2 heterocycles. The van der Waals surface area contributed by atoms with Crippen molar-refractivity contribution in [3.8, 4) is 11.6 Å². The minimum atomic E-state index is -0.562. The van der Waals surface area contributed by atoms with Gasteiger partial charge in [-0.05, 0) is 30.3 Å². The zero-order valence-corrected chi connectivity index (χ0v) is 13.6. The second kappa shape index (κ2) is 6.95. The van der Waals surface area contributed by atoms with Gasteiger partial charge in [0.25, 0.3) is 0 Å². The second-order valence-electron chi connectivity index (χ2n) is 5.21. The van der Waals surface area contributed by atoms with Crippen LogP contribution in [-0.2, 0) is 9.53 Å². The van der Waals surface area contributed by atoms with Crippen LogP contribution in [0.5, 0.6) is 11.6 Å². The number of benzene rings is 1. The molecule has 9 heteroatoms. The molecule has 1 aromatic heterocycles. The maximum Gasteiger partial charge on any atom is 0.409 e. The van der Waals surface area contributed by atoms with Gasteiger partial charge in [-0.1, -0.05) is 0 Å². The van der Waals surface area contributed by atoms with E-state index < -0.39 is 12.4 Å². The van der Waals surface area contributed by atoms with E-state index in [1.165, 1.54) is 14.0 Å². The molecule has 25 heavy (non-hydrogen) atoms. The lowest BCUT2D eigenvalue weighted by Gasteiger charge is -2.12. The Labute approximate surface area is 143 Å². The Balaban J connectivity index is 1.65. The number of fused-ring (bicyclic) bond motifs is 1. The van der Waals surface area contributed by atoms with Crippen molar-refractivity contribution < 1.29 is 19.1 Å². The van der Waals surface area contributed by atoms with Gasteiger partial charge < -0.3 is 25.4 Å². The molecule has 1 aliphatic rings. The first kappa shape index (κ1) is 16.4. The number of aromatic nitrogens is 1. The van der Waals surface area contributed by atoms with Gasteiger partial charge in [-0.15, -0.1) is 0 Å². The molecule has 0 aliphatic carbocycles. The Morgan fingerprint density at radius 2 is 1.88 bits per heavy atom. The number of pyridine rings is 1. The van der Waals surface area contributed by atoms with E-state index in [0.717, 1.165) is 5.69 Å². The van der Waals surface area contributed by atoms with E-state index in [9.17, 15) is 9.59 Å². The average molecular weight is 343 g/mol. The molecule has 1 aromatic carbocycles. The van der Waals surface area contributed by atoms with E-state index in [2.05, 4.69) is 31.0 Å². The summed E-state index contributed by atoms with van der Waals surface area (Å²) >= 11 is 0. The third-order valence-electron chi connectivity index (χ3n) is 3.30. The van der Waals surface area contributed by atoms with Crippen molar-refractivity contribution in [2.24, 2.45) is 0 Å². The molecule has 0 bridgehead atoms. The quantitative estimate of drug-likeness (QED) is 0.673. The SMILES string of the molecule is COC(=O)NC1Nc2ccc(Oc3ccc(NC(C)=O)cc3)nc2N1. The number of rotatable bonds is 4. The van der Waals surface area contributed by atoms with Crippen LogP contribution < -0.4 is 26.0 Å². The van der Waals surface area contributed by atoms with Crippen molar-refractivity contribution >= 4 is 29.2 Å². The summed E-state index contributed by atoms with van der Waals surface area (Å²) in [5.41, 5.74) is 1.42. The summed E-state index contributed by atoms with van der Waals surface area (Å²) in [5.74, 6) is 1.38. The zero-order chi connectivity index (χ0) is 17.8. The fourth-order valence-electron chi connectivity index (χ4n) is 2.23. The van der Waals surface area contributed by atoms with Gasteiger partial charge in [0.1, 0.15) is 5.75 Å². The van der Waals surface area contributed by atoms with Gasteiger partial charge in [0.2, 0.25) is 11.8 Å². The number of carbonyl (C=O) groups is 2. The summed E-state index contributed by atoms with van der Waals surface area (Å²) in [7, 11) is 1.29. The lowest BCUT2D eigenvalue weighted by molar-refractivity contribution is -0.114. The number of carbonyl (C=O) groups excluding carboxylic acids is 2. The fraction of sp³-hybridized carbons (Fsp3) is 0.188. The monoisotopic (exact) mass is 343 g/mol. The third kappa shape index (κ3) is 4.08. The van der Waals surface area contributed by atoms with Crippen LogP contribution in [-0.4, -0.2) is 30.4 Å². The summed E-state index contributed by atoms with van der Waals surface area (Å²) in [5, 5.41) is 11.3. The van der Waals surface area contributed by atoms with Crippen LogP contribution in [0, 0.1) is 0 Å². The maximum atomic E-state index is 11.2. The number of alkyl carbamates (subject to hydrolysis) is 1. The van der Waals surface area contributed by atoms with Gasteiger partial charge in [0.15, 0.2) is 12.1 Å². The highest BCUT2D eigenvalue weighted by molar-refractivity contribution is 5.88. The summed E-state index contributed by atoms with van der Waals surface area (Å²) < 4.78 is 10.2. The maximum absolute atomic E-state index is 11.2. The molecular formula is C16H17N5O4. The standard InChI is InChI=1S/C16H17N5O4/c1-9(22)17-10-3-5-11(6-4-10)25-13-8-7-12-14(19-13)20-15(18-12)21-16(23)24-2/h3-8,15,18H,1-2H3,(H,17,22)(H,19,20)(H,21,23). The number of ether oxygens (including phenoxy) is 2. The summed E-state index contributed by atoms with van der Waals surface area (Å²) in [4.78, 5) is 26.6. The first-order valence-corrected chi connectivity index (χ1v) is 7.47. The molecule has 1 atom stereocenters. The van der Waals surface area contributed by atoms with Crippen molar-refractivity contribution in [1.29, 1.82) is 0 Å². The number of hydrogen-bond donors (Lipinski definition) is 4. The number of methoxy groups -OCH3 is 1. The van der Waals surface area contributed by atoms with Gasteiger partial charge in [-0.3, -0.25) is 10.1 Å². The Hall–Kier alpha value is -3.49. The van der Waals surface area contributed by atoms with Crippen molar-refractivity contribution in [1.82, 2.24) is 10.3 Å². The highest BCUT2D eigenvalue weighted by Gasteiger charge is 2.23. The summed E-state index contributed by atoms with van der Waals surface area (Å²) in [6.07, 6.45) is -1.07. The Kier molecular flexibility index (Phi) is 4.55. The van der Waals surface area contributed by atoms with Gasteiger partial charge in [-0.2, -0.15) is 4.98 Å². The van der Waals surface area contributed by atoms with E-state index in [4.69, 9.17) is 4.74 Å². The minimum absolute atomic E-state index is 0.136. The van der Waals surface area contributed by atoms with Crippen molar-refractivity contribution in [2.75, 3.05) is 23.1 Å². The molecule has 0 radical (unpaired) electrons. The average Bonchev–Trinajstić information content (AvgIpc) is 2.97. The molecule has 0 spiro atoms. The lowest BCUT2D eigenvalue weighted by atomic mass is 10.3. The Morgan fingerprint density at radius 1 is 1.12 bits per heavy atom. The van der Waals surface area contributed by atoms with Crippen LogP contribution in [0.15, 0.2) is 36.4 Å². The molecule has 0 saturated heterocycles. The van der Waals surface area contributed by atoms with E-state index >= 15 is 0 Å². The lowest BCUT2D eigenvalue weighted by Crippen LogP contribution is -2.42. The smallest absolute Gasteiger partial charge is 0.409 e. The molecular weight excluding hydrogens is 326 g/mol. The molecule has 0 saturated carbocycles. The molecule has 1 aliphatic heterocycles. The molecule has 2 amide bonds. The molecule has 130 valence electrons. The second-order valence-corrected chi connectivity index (χ2v) is 5.21. The summed E-state index contributed by atoms with van der Waals surface area (Å²) in [6.45, 7) is 1.45. The molecule has 9 nitrogen and oxygen atoms in total. The molecule has 3 rings (SSSR count). The highest BCUT2D eigenvalue weighted by atomic mass is 16.5. The first-order chi connectivity index (χ1) is 12.0. The van der Waals surface area contributed by atoms with E-state index in [-0.39, 0.29) is 5.91 Å². The van der Waals surface area contributed by atoms with E-state index in [1.54, 1.807) is 36.4 Å². The van der Waals surface area contributed by atoms with Gasteiger partial charge in [-0.25, -0.2) is 4.79 Å². The van der Waals surface area contributed by atoms with Crippen LogP contribution in [0.25, 0.3) is 0 Å². The number of amides is 2. The van der Waals surface area contributed by atoms with Crippen molar-refractivity contribution in [2.45, 2.75) is 13.2 Å². The molecule has 2 aromatic rings. The molecule has 1 unspecified atom stereocenters.